The Labute approximate surface area is 534 Å². The normalized spacial score (nSPS) is 19.0. The molecule has 0 saturated carbocycles. The molecule has 0 aliphatic carbocycles. The number of thiazole rings is 1. The van der Waals surface area contributed by atoms with Gasteiger partial charge in [0.1, 0.15) is 36.0 Å². The minimum Gasteiger partial charge on any atom is -0.484 e. The predicted octanol–water partition coefficient (Wildman–Crippen LogP) is 7.90. The molecule has 7 amide bonds. The molecular formula is C65H77F2N8O13PS2. The predicted molar refractivity (Wildman–Crippen MR) is 339 cm³/mol. The van der Waals surface area contributed by atoms with Crippen LogP contribution in [0.4, 0.5) is 8.78 Å². The molecule has 91 heavy (non-hydrogen) atoms. The zero-order valence-electron chi connectivity index (χ0n) is 51.9. The lowest BCUT2D eigenvalue weighted by molar-refractivity contribution is -0.153. The fourth-order valence-electron chi connectivity index (χ4n) is 11.5. The van der Waals surface area contributed by atoms with Crippen molar-refractivity contribution in [2.24, 2.45) is 10.8 Å². The van der Waals surface area contributed by atoms with Gasteiger partial charge in [0.05, 0.1) is 46.3 Å². The number of hydrogen-bond acceptors (Lipinski definition) is 14. The Morgan fingerprint density at radius 3 is 2.18 bits per heavy atom. The maximum Gasteiger partial charge on any atom is 0.399 e. The third-order valence-corrected chi connectivity index (χ3v) is 19.7. The van der Waals surface area contributed by atoms with Crippen LogP contribution in [0.25, 0.3) is 20.5 Å². The number of β-amino-alcohol motifs (C(OH)–C–C–N with tert-alkyl or cyclic N) is 1. The average molecular weight is 1310 g/mol. The second-order valence-electron chi connectivity index (χ2n) is 25.5. The van der Waals surface area contributed by atoms with Gasteiger partial charge < -0.3 is 60.3 Å². The van der Waals surface area contributed by atoms with Gasteiger partial charge in [0, 0.05) is 55.7 Å². The summed E-state index contributed by atoms with van der Waals surface area (Å²) in [7, 11) is -5.88. The quantitative estimate of drug-likeness (QED) is 0.0283. The maximum absolute atomic E-state index is 15.2. The van der Waals surface area contributed by atoms with Crippen molar-refractivity contribution in [2.75, 3.05) is 39.4 Å². The van der Waals surface area contributed by atoms with E-state index >= 15 is 4.79 Å². The van der Waals surface area contributed by atoms with Crippen molar-refractivity contribution in [3.63, 3.8) is 0 Å². The second-order valence-corrected chi connectivity index (χ2v) is 29.1. The fraction of sp³-hybridized carbons (Fsp3) is 0.446. The Balaban J connectivity index is 0.819. The Morgan fingerprint density at radius 2 is 1.51 bits per heavy atom. The van der Waals surface area contributed by atoms with E-state index in [-0.39, 0.29) is 86.9 Å². The number of hydrogen-bond donors (Lipinski definition) is 7. The number of aryl methyl sites for hydroxylation is 1. The van der Waals surface area contributed by atoms with E-state index in [1.54, 1.807) is 81.5 Å². The van der Waals surface area contributed by atoms with Gasteiger partial charge in [-0.2, -0.15) is 8.78 Å². The van der Waals surface area contributed by atoms with Crippen LogP contribution in [0.2, 0.25) is 0 Å². The summed E-state index contributed by atoms with van der Waals surface area (Å²) in [5, 5.41) is 22.3. The van der Waals surface area contributed by atoms with Crippen LogP contribution in [-0.4, -0.2) is 146 Å². The maximum atomic E-state index is 15.2. The summed E-state index contributed by atoms with van der Waals surface area (Å²) < 4.78 is 53.5. The highest BCUT2D eigenvalue weighted by Crippen LogP contribution is 2.59. The Bertz CT molecular complexity index is 3740. The number of nitrogens with one attached hydrogen (secondary N) is 4. The molecule has 0 spiro atoms. The van der Waals surface area contributed by atoms with Crippen LogP contribution in [0, 0.1) is 17.8 Å². The zero-order chi connectivity index (χ0) is 65.9. The number of nitrogens with zero attached hydrogens (tertiary/aromatic N) is 4. The molecule has 2 aromatic heterocycles. The minimum absolute atomic E-state index is 0.0258. The van der Waals surface area contributed by atoms with Gasteiger partial charge in [0.25, 0.3) is 11.8 Å². The standard InChI is InChI=1S/C65H77F2N8O13PS2/c1-37(39-16-18-41(19-17-39)55-38(2)69-36-90-55)70-58(79)48-31-46(76)33-75(48)61(82)56(63(3,4)5)71-53(77)15-12-24-68-54(78)35-88-47-22-20-42-29-49(60(81)73-25-26-87-50(34-73)40-13-10-9-11-14-40)74(32-44(42)28-47)62(83)57(64(6,7)8)72-59(80)52-30-43-27-45(21-23-51(43)91-52)65(66,67)89(84,85)86/h9-11,13-14,16-23,27-28,30,36-37,46,48-50,56-57,76H,12,15,24-26,29,31-35H2,1-8H3,(H,68,78)(H,70,79)(H,71,77)(H,72,80)(H2,84,85,86)/t37-,46+,48-,49-,50-,56+,57+/m0/s1. The summed E-state index contributed by atoms with van der Waals surface area (Å²) >= 11 is 2.48. The van der Waals surface area contributed by atoms with Crippen molar-refractivity contribution in [1.29, 1.82) is 0 Å². The van der Waals surface area contributed by atoms with E-state index in [1.807, 2.05) is 68.4 Å². The number of aromatic nitrogens is 1. The van der Waals surface area contributed by atoms with Crippen LogP contribution in [0.5, 0.6) is 5.75 Å². The van der Waals surface area contributed by atoms with Gasteiger partial charge >= 0.3 is 13.3 Å². The average Bonchev–Trinajstić information content (AvgIpc) is 1.66. The third-order valence-electron chi connectivity index (χ3n) is 16.6. The Morgan fingerprint density at radius 1 is 0.813 bits per heavy atom. The minimum atomic E-state index is -5.88. The largest absolute Gasteiger partial charge is 0.484 e. The number of rotatable bonds is 20. The number of aliphatic hydroxyl groups excluding tert-OH is 1. The van der Waals surface area contributed by atoms with Crippen molar-refractivity contribution in [3.05, 3.63) is 141 Å². The van der Waals surface area contributed by atoms with Crippen LogP contribution in [0.15, 0.2) is 103 Å². The molecular weight excluding hydrogens is 1230 g/mol. The van der Waals surface area contributed by atoms with Crippen LogP contribution in [0.3, 0.4) is 0 Å². The van der Waals surface area contributed by atoms with Crippen molar-refractivity contribution in [2.45, 2.75) is 136 Å². The van der Waals surface area contributed by atoms with Crippen LogP contribution in [0.1, 0.15) is 123 Å². The van der Waals surface area contributed by atoms with Crippen molar-refractivity contribution >= 4 is 81.7 Å². The number of aliphatic hydroxyl groups is 1. The van der Waals surface area contributed by atoms with Gasteiger partial charge in [-0.25, -0.2) is 4.98 Å². The number of alkyl halides is 2. The monoisotopic (exact) mass is 1310 g/mol. The van der Waals surface area contributed by atoms with Crippen LogP contribution >= 0.6 is 30.3 Å². The van der Waals surface area contributed by atoms with Crippen molar-refractivity contribution < 1.29 is 71.3 Å². The zero-order valence-corrected chi connectivity index (χ0v) is 54.4. The van der Waals surface area contributed by atoms with Gasteiger partial charge in [0.2, 0.25) is 29.5 Å². The molecule has 2 saturated heterocycles. The number of morpholine rings is 1. The number of halogens is 2. The summed E-state index contributed by atoms with van der Waals surface area (Å²) in [6.45, 7) is 14.5. The van der Waals surface area contributed by atoms with Gasteiger partial charge in [-0.15, -0.1) is 22.7 Å². The topological polar surface area (TPSA) is 286 Å². The van der Waals surface area contributed by atoms with Gasteiger partial charge in [-0.1, -0.05) is 108 Å². The number of ether oxygens (including phenoxy) is 2. The molecule has 5 heterocycles. The molecule has 7 atom stereocenters. The first kappa shape index (κ1) is 67.9. The molecule has 21 nitrogen and oxygen atoms in total. The van der Waals surface area contributed by atoms with E-state index in [0.29, 0.717) is 10.3 Å². The second kappa shape index (κ2) is 27.8. The first-order valence-corrected chi connectivity index (χ1v) is 33.3. The molecule has 3 aliphatic rings. The van der Waals surface area contributed by atoms with E-state index in [9.17, 15) is 57.0 Å². The number of carbonyl (C=O) groups is 7. The molecule has 2 fully saturated rings. The fourth-order valence-corrected chi connectivity index (χ4v) is 13.7. The number of fused-ring (bicyclic) bond motifs is 2. The number of benzene rings is 4. The lowest BCUT2D eigenvalue weighted by Crippen LogP contribution is -2.61. The Kier molecular flexibility index (Phi) is 20.7. The first-order chi connectivity index (χ1) is 42.9. The van der Waals surface area contributed by atoms with E-state index in [2.05, 4.69) is 26.3 Å². The smallest absolute Gasteiger partial charge is 0.399 e. The number of carbonyl (C=O) groups excluding carboxylic acids is 7. The highest BCUT2D eigenvalue weighted by molar-refractivity contribution is 7.52. The van der Waals surface area contributed by atoms with Gasteiger partial charge in [-0.05, 0) is 94.6 Å². The summed E-state index contributed by atoms with van der Waals surface area (Å²) in [6.07, 6.45) is -1.14. The molecule has 6 aromatic rings. The third kappa shape index (κ3) is 15.9. The Hall–Kier alpha value is -7.51. The summed E-state index contributed by atoms with van der Waals surface area (Å²) in [4.78, 5) is 128. The lowest BCUT2D eigenvalue weighted by Gasteiger charge is -2.43. The number of amides is 7. The summed E-state index contributed by atoms with van der Waals surface area (Å²) in [5.41, 5.74) is -0.376. The van der Waals surface area contributed by atoms with Crippen LogP contribution in [-0.2, 0) is 56.7 Å². The number of likely N-dealkylation sites (tertiary alicyclic amines) is 1. The first-order valence-electron chi connectivity index (χ1n) is 30.0. The molecule has 0 radical (unpaired) electrons. The number of thiophene rings is 1. The SMILES string of the molecule is Cc1ncsc1-c1ccc([C@H](C)NC(=O)[C@@H]2C[C@@H](O)CN2C(=O)[C@@H](NC(=O)CCCNC(=O)COc2ccc3c(c2)CN(C(=O)[C@@H](NC(=O)c2cc4cc(C(F)(F)P(=O)(O)O)ccc4s2)C(C)(C)C)[C@H](C(=O)N2CCO[C@H](c4ccccc4)C2)C3)C(C)(C)C)cc1. The van der Waals surface area contributed by atoms with E-state index in [0.717, 1.165) is 56.3 Å². The molecule has 7 N–H and O–H groups in total. The summed E-state index contributed by atoms with van der Waals surface area (Å²) in [6, 6.07) is 21.9. The van der Waals surface area contributed by atoms with Crippen LogP contribution < -0.4 is 26.0 Å². The van der Waals surface area contributed by atoms with Crippen molar-refractivity contribution in [3.8, 4) is 16.2 Å². The van der Waals surface area contributed by atoms with E-state index in [4.69, 9.17) is 9.47 Å². The van der Waals surface area contributed by atoms with Gasteiger partial charge in [0.15, 0.2) is 6.61 Å². The molecule has 4 aromatic carbocycles. The van der Waals surface area contributed by atoms with Gasteiger partial charge in [-0.3, -0.25) is 38.1 Å². The molecule has 3 aliphatic heterocycles. The molecule has 9 rings (SSSR count). The summed E-state index contributed by atoms with van der Waals surface area (Å²) in [5.74, 6) is -3.27. The highest BCUT2D eigenvalue weighted by atomic mass is 32.1. The van der Waals surface area contributed by atoms with E-state index in [1.165, 1.54) is 21.9 Å². The molecule has 0 bridgehead atoms. The molecule has 0 unspecified atom stereocenters. The molecule has 486 valence electrons. The van der Waals surface area contributed by atoms with Crippen molar-refractivity contribution in [1.82, 2.24) is 41.0 Å². The van der Waals surface area contributed by atoms with E-state index < -0.39 is 114 Å². The lowest BCUT2D eigenvalue weighted by atomic mass is 9.84. The molecule has 26 heteroatoms. The highest BCUT2D eigenvalue weighted by Gasteiger charge is 2.51.